The quantitative estimate of drug-likeness (QED) is 0.674. The molecule has 1 N–H and O–H groups in total. The van der Waals surface area contributed by atoms with Crippen LogP contribution in [0.3, 0.4) is 0 Å². The van der Waals surface area contributed by atoms with Crippen molar-refractivity contribution in [3.05, 3.63) is 54.3 Å². The minimum absolute atomic E-state index is 0.0176. The molecule has 0 spiro atoms. The topological polar surface area (TPSA) is 105 Å². The summed E-state index contributed by atoms with van der Waals surface area (Å²) in [5.74, 6) is -0.810. The van der Waals surface area contributed by atoms with E-state index in [0.717, 1.165) is 36.0 Å². The second-order valence-corrected chi connectivity index (χ2v) is 9.25. The Bertz CT molecular complexity index is 1120. The summed E-state index contributed by atoms with van der Waals surface area (Å²) in [7, 11) is -2.63. The largest absolute Gasteiger partial charge is 0.497 e. The predicted molar refractivity (Wildman–Crippen MR) is 116 cm³/mol. The van der Waals surface area contributed by atoms with Gasteiger partial charge in [-0.3, -0.25) is 14.5 Å². The highest BCUT2D eigenvalue weighted by Crippen LogP contribution is 2.31. The van der Waals surface area contributed by atoms with Crippen LogP contribution in [0.1, 0.15) is 13.3 Å². The van der Waals surface area contributed by atoms with Gasteiger partial charge in [-0.25, -0.2) is 4.39 Å². The van der Waals surface area contributed by atoms with Crippen LogP contribution in [0.4, 0.5) is 10.1 Å². The number of benzene rings is 2. The molecule has 1 heterocycles. The summed E-state index contributed by atoms with van der Waals surface area (Å²) in [6.45, 7) is 1.87. The molecule has 0 bridgehead atoms. The van der Waals surface area contributed by atoms with Gasteiger partial charge in [0.2, 0.25) is 11.8 Å². The predicted octanol–water partition coefficient (Wildman–Crippen LogP) is 2.87. The van der Waals surface area contributed by atoms with Gasteiger partial charge in [-0.15, -0.1) is 4.40 Å². The molecule has 2 aromatic rings. The van der Waals surface area contributed by atoms with Gasteiger partial charge in [-0.1, -0.05) is 17.8 Å². The van der Waals surface area contributed by atoms with Crippen LogP contribution in [-0.2, 0) is 19.6 Å². The minimum atomic E-state index is -4.14. The fourth-order valence-electron chi connectivity index (χ4n) is 2.84. The zero-order valence-corrected chi connectivity index (χ0v) is 18.4. The summed E-state index contributed by atoms with van der Waals surface area (Å²) in [5.41, 5.74) is 0.514. The van der Waals surface area contributed by atoms with Gasteiger partial charge >= 0.3 is 0 Å². The second-order valence-electron chi connectivity index (χ2n) is 6.48. The summed E-state index contributed by atoms with van der Waals surface area (Å²) in [6, 6.07) is 11.0. The van der Waals surface area contributed by atoms with Gasteiger partial charge in [-0.05, 0) is 43.3 Å². The molecule has 11 heteroatoms. The molecule has 8 nitrogen and oxygen atoms in total. The van der Waals surface area contributed by atoms with Crippen LogP contribution in [0.2, 0.25) is 0 Å². The van der Waals surface area contributed by atoms with Crippen LogP contribution in [0.15, 0.2) is 57.8 Å². The lowest BCUT2D eigenvalue weighted by molar-refractivity contribution is -0.128. The highest BCUT2D eigenvalue weighted by molar-refractivity contribution is 8.16. The number of hydrogen-bond donors (Lipinski definition) is 1. The monoisotopic (exact) mass is 465 g/mol. The number of thioether (sulfide) groups is 1. The zero-order valence-electron chi connectivity index (χ0n) is 16.7. The number of carbonyl (C=O) groups is 2. The minimum Gasteiger partial charge on any atom is -0.497 e. The van der Waals surface area contributed by atoms with E-state index in [-0.39, 0.29) is 23.0 Å². The Labute approximate surface area is 183 Å². The fourth-order valence-corrected chi connectivity index (χ4v) is 5.26. The summed E-state index contributed by atoms with van der Waals surface area (Å²) in [4.78, 5) is 26.1. The Morgan fingerprint density at radius 3 is 2.61 bits per heavy atom. The van der Waals surface area contributed by atoms with Gasteiger partial charge in [0.1, 0.15) is 16.8 Å². The van der Waals surface area contributed by atoms with E-state index in [4.69, 9.17) is 4.74 Å². The molecule has 2 aromatic carbocycles. The van der Waals surface area contributed by atoms with Crippen molar-refractivity contribution in [1.82, 2.24) is 4.90 Å². The number of methoxy groups -OCH3 is 1. The molecular formula is C20H20FN3O5S2. The normalized spacial score (nSPS) is 17.8. The van der Waals surface area contributed by atoms with Crippen LogP contribution in [-0.4, -0.2) is 49.2 Å². The molecule has 0 aliphatic carbocycles. The van der Waals surface area contributed by atoms with E-state index < -0.39 is 32.9 Å². The van der Waals surface area contributed by atoms with E-state index >= 15 is 0 Å². The third-order valence-electron chi connectivity index (χ3n) is 4.37. The Balaban J connectivity index is 1.75. The maximum atomic E-state index is 13.1. The van der Waals surface area contributed by atoms with Crippen LogP contribution in [0.25, 0.3) is 0 Å². The number of amides is 2. The Morgan fingerprint density at radius 1 is 1.26 bits per heavy atom. The number of carbonyl (C=O) groups excluding carboxylic acids is 2. The van der Waals surface area contributed by atoms with Crippen molar-refractivity contribution in [1.29, 1.82) is 0 Å². The van der Waals surface area contributed by atoms with Gasteiger partial charge in [0.25, 0.3) is 10.0 Å². The number of hydrogen-bond acceptors (Lipinski definition) is 6. The fraction of sp³-hybridized carbons (Fsp3) is 0.250. The molecule has 3 rings (SSSR count). The third kappa shape index (κ3) is 5.42. The number of anilines is 1. The summed E-state index contributed by atoms with van der Waals surface area (Å²) < 4.78 is 47.0. The lowest BCUT2D eigenvalue weighted by Gasteiger charge is -2.13. The van der Waals surface area contributed by atoms with Crippen LogP contribution < -0.4 is 10.1 Å². The molecule has 1 saturated heterocycles. The SMILES string of the molecule is CCN1C(=O)[C@H](CC(=O)Nc2cccc(OC)c2)SC1=NS(=O)(=O)c1ccc(F)cc1. The maximum absolute atomic E-state index is 13.1. The number of amidine groups is 1. The highest BCUT2D eigenvalue weighted by atomic mass is 32.2. The van der Waals surface area contributed by atoms with Crippen molar-refractivity contribution in [3.63, 3.8) is 0 Å². The standard InChI is InChI=1S/C20H20FN3O5S2/c1-3-24-19(26)17(12-18(25)22-14-5-4-6-15(11-14)29-2)30-20(24)23-31(27,28)16-9-7-13(21)8-10-16/h4-11,17H,3,12H2,1-2H3,(H,22,25)/t17-/m0/s1. The number of sulfonamides is 1. The number of rotatable bonds is 7. The Morgan fingerprint density at radius 2 is 1.97 bits per heavy atom. The molecular weight excluding hydrogens is 445 g/mol. The second kappa shape index (κ2) is 9.48. The average molecular weight is 466 g/mol. The molecule has 0 saturated carbocycles. The van der Waals surface area contributed by atoms with Crippen molar-refractivity contribution in [2.75, 3.05) is 19.0 Å². The molecule has 31 heavy (non-hydrogen) atoms. The van der Waals surface area contributed by atoms with Gasteiger partial charge in [0.15, 0.2) is 5.17 Å². The average Bonchev–Trinajstić information content (AvgIpc) is 3.01. The maximum Gasteiger partial charge on any atom is 0.284 e. The van der Waals surface area contributed by atoms with Gasteiger partial charge < -0.3 is 10.1 Å². The molecule has 0 radical (unpaired) electrons. The number of ether oxygens (including phenoxy) is 1. The molecule has 0 aromatic heterocycles. The Hall–Kier alpha value is -2.92. The highest BCUT2D eigenvalue weighted by Gasteiger charge is 2.39. The molecule has 1 atom stereocenters. The zero-order chi connectivity index (χ0) is 22.6. The van der Waals surface area contributed by atoms with E-state index in [0.29, 0.717) is 11.4 Å². The lowest BCUT2D eigenvalue weighted by Crippen LogP contribution is -2.33. The van der Waals surface area contributed by atoms with Gasteiger partial charge in [-0.2, -0.15) is 8.42 Å². The molecule has 1 aliphatic heterocycles. The van der Waals surface area contributed by atoms with Gasteiger partial charge in [0.05, 0.1) is 12.0 Å². The number of nitrogens with zero attached hydrogens (tertiary/aromatic N) is 2. The van der Waals surface area contributed by atoms with E-state index in [9.17, 15) is 22.4 Å². The van der Waals surface area contributed by atoms with E-state index in [1.807, 2.05) is 0 Å². The molecule has 1 fully saturated rings. The van der Waals surface area contributed by atoms with Gasteiger partial charge in [0, 0.05) is 24.7 Å². The molecule has 2 amide bonds. The van der Waals surface area contributed by atoms with Crippen molar-refractivity contribution < 1.29 is 27.1 Å². The first-order chi connectivity index (χ1) is 14.7. The molecule has 1 aliphatic rings. The summed E-state index contributed by atoms with van der Waals surface area (Å²) in [5, 5.41) is 1.86. The van der Waals surface area contributed by atoms with Crippen molar-refractivity contribution >= 4 is 44.5 Å². The Kier molecular flexibility index (Phi) is 6.96. The van der Waals surface area contributed by atoms with E-state index in [1.165, 1.54) is 12.0 Å². The van der Waals surface area contributed by atoms with Crippen LogP contribution in [0.5, 0.6) is 5.75 Å². The number of halogens is 1. The van der Waals surface area contributed by atoms with Crippen LogP contribution in [0, 0.1) is 5.82 Å². The van der Waals surface area contributed by atoms with Crippen LogP contribution >= 0.6 is 11.8 Å². The first kappa shape index (κ1) is 22.8. The third-order valence-corrected chi connectivity index (χ3v) is 6.94. The molecule has 0 unspecified atom stereocenters. The first-order valence-corrected chi connectivity index (χ1v) is 11.6. The first-order valence-electron chi connectivity index (χ1n) is 9.26. The van der Waals surface area contributed by atoms with Crippen molar-refractivity contribution in [3.8, 4) is 5.75 Å². The smallest absolute Gasteiger partial charge is 0.284 e. The molecule has 164 valence electrons. The van der Waals surface area contributed by atoms with E-state index in [2.05, 4.69) is 9.71 Å². The lowest BCUT2D eigenvalue weighted by atomic mass is 10.2. The summed E-state index contributed by atoms with van der Waals surface area (Å²) in [6.07, 6.45) is -0.160. The number of nitrogens with one attached hydrogen (secondary N) is 1. The van der Waals surface area contributed by atoms with E-state index in [1.54, 1.807) is 31.2 Å². The summed E-state index contributed by atoms with van der Waals surface area (Å²) >= 11 is 0.910. The van der Waals surface area contributed by atoms with Crippen molar-refractivity contribution in [2.24, 2.45) is 4.40 Å². The van der Waals surface area contributed by atoms with Crippen molar-refractivity contribution in [2.45, 2.75) is 23.5 Å².